The SMILES string of the molecule is O=C(CCc1nc2sc3c(c2c(=O)[nH]1)CCCC3)Nc1cccc(I)c1. The number of rotatable bonds is 4. The maximum atomic E-state index is 12.5. The molecule has 0 saturated heterocycles. The molecule has 0 unspecified atom stereocenters. The molecule has 2 heterocycles. The smallest absolute Gasteiger partial charge is 0.259 e. The Morgan fingerprint density at radius 3 is 3.00 bits per heavy atom. The number of benzene rings is 1. The van der Waals surface area contributed by atoms with E-state index in [4.69, 9.17) is 0 Å². The van der Waals surface area contributed by atoms with Gasteiger partial charge in [0.25, 0.3) is 5.56 Å². The molecule has 2 N–H and O–H groups in total. The van der Waals surface area contributed by atoms with Crippen LogP contribution in [0, 0.1) is 3.57 Å². The van der Waals surface area contributed by atoms with Crippen LogP contribution >= 0.6 is 33.9 Å². The zero-order valence-electron chi connectivity index (χ0n) is 14.1. The van der Waals surface area contributed by atoms with Crippen molar-refractivity contribution < 1.29 is 4.79 Å². The van der Waals surface area contributed by atoms with Crippen LogP contribution in [-0.4, -0.2) is 15.9 Å². The van der Waals surface area contributed by atoms with Crippen LogP contribution in [0.5, 0.6) is 0 Å². The molecule has 4 rings (SSSR count). The van der Waals surface area contributed by atoms with Gasteiger partial charge in [-0.15, -0.1) is 11.3 Å². The molecular formula is C19H18IN3O2S. The number of nitrogens with one attached hydrogen (secondary N) is 2. The van der Waals surface area contributed by atoms with Crippen LogP contribution in [0.1, 0.15) is 35.5 Å². The van der Waals surface area contributed by atoms with Gasteiger partial charge in [-0.05, 0) is 72.0 Å². The number of aromatic amines is 1. The first kappa shape index (κ1) is 17.7. The number of hydrogen-bond acceptors (Lipinski definition) is 4. The molecule has 0 aliphatic heterocycles. The number of nitrogens with zero attached hydrogens (tertiary/aromatic N) is 1. The number of H-pyrrole nitrogens is 1. The van der Waals surface area contributed by atoms with E-state index in [1.54, 1.807) is 11.3 Å². The highest BCUT2D eigenvalue weighted by molar-refractivity contribution is 14.1. The molecule has 134 valence electrons. The minimum atomic E-state index is -0.0831. The maximum Gasteiger partial charge on any atom is 0.259 e. The quantitative estimate of drug-likeness (QED) is 0.555. The van der Waals surface area contributed by atoms with Crippen molar-refractivity contribution in [1.82, 2.24) is 9.97 Å². The van der Waals surface area contributed by atoms with Crippen molar-refractivity contribution in [3.63, 3.8) is 0 Å². The number of carbonyl (C=O) groups is 1. The largest absolute Gasteiger partial charge is 0.326 e. The fourth-order valence-corrected chi connectivity index (χ4v) is 5.17. The molecule has 0 bridgehead atoms. The summed E-state index contributed by atoms with van der Waals surface area (Å²) in [5.74, 6) is 0.499. The van der Waals surface area contributed by atoms with E-state index in [2.05, 4.69) is 37.9 Å². The van der Waals surface area contributed by atoms with Crippen LogP contribution in [0.3, 0.4) is 0 Å². The van der Waals surface area contributed by atoms with Crippen LogP contribution in [0.15, 0.2) is 29.1 Å². The average molecular weight is 479 g/mol. The van der Waals surface area contributed by atoms with Gasteiger partial charge in [0.1, 0.15) is 10.7 Å². The van der Waals surface area contributed by atoms with Crippen LogP contribution in [0.25, 0.3) is 10.2 Å². The number of thiophene rings is 1. The molecule has 3 aromatic rings. The molecule has 1 aliphatic carbocycles. The van der Waals surface area contributed by atoms with Gasteiger partial charge in [-0.3, -0.25) is 9.59 Å². The summed E-state index contributed by atoms with van der Waals surface area (Å²) in [7, 11) is 0. The lowest BCUT2D eigenvalue weighted by Gasteiger charge is -2.09. The highest BCUT2D eigenvalue weighted by Crippen LogP contribution is 2.33. The molecular weight excluding hydrogens is 461 g/mol. The van der Waals surface area contributed by atoms with Gasteiger partial charge in [0.15, 0.2) is 0 Å². The number of hydrogen-bond donors (Lipinski definition) is 2. The first-order chi connectivity index (χ1) is 12.6. The molecule has 1 amide bonds. The lowest BCUT2D eigenvalue weighted by atomic mass is 9.97. The predicted molar refractivity (Wildman–Crippen MR) is 113 cm³/mol. The molecule has 2 aromatic heterocycles. The predicted octanol–water partition coefficient (Wildman–Crippen LogP) is 4.04. The minimum Gasteiger partial charge on any atom is -0.326 e. The molecule has 0 fully saturated rings. The second-order valence-electron chi connectivity index (χ2n) is 6.46. The summed E-state index contributed by atoms with van der Waals surface area (Å²) >= 11 is 3.84. The fraction of sp³-hybridized carbons (Fsp3) is 0.316. The Morgan fingerprint density at radius 1 is 1.31 bits per heavy atom. The Kier molecular flexibility index (Phi) is 5.08. The summed E-state index contributed by atoms with van der Waals surface area (Å²) in [6, 6.07) is 7.66. The molecule has 0 spiro atoms. The second kappa shape index (κ2) is 7.48. The Morgan fingerprint density at radius 2 is 2.15 bits per heavy atom. The number of halogens is 1. The van der Waals surface area contributed by atoms with Crippen LogP contribution < -0.4 is 10.9 Å². The standard InChI is InChI=1S/C19H18IN3O2S/c20-11-4-3-5-12(10-11)21-16(24)9-8-15-22-18(25)17-13-6-1-2-7-14(13)26-19(17)23-15/h3-5,10H,1-2,6-9H2,(H,21,24)(H,22,23,25). The minimum absolute atomic E-state index is 0.0672. The van der Waals surface area contributed by atoms with Crippen LogP contribution in [-0.2, 0) is 24.1 Å². The molecule has 7 heteroatoms. The van der Waals surface area contributed by atoms with E-state index >= 15 is 0 Å². The van der Waals surface area contributed by atoms with Gasteiger partial charge >= 0.3 is 0 Å². The lowest BCUT2D eigenvalue weighted by molar-refractivity contribution is -0.116. The monoisotopic (exact) mass is 479 g/mol. The highest BCUT2D eigenvalue weighted by Gasteiger charge is 2.19. The van der Waals surface area contributed by atoms with E-state index in [1.807, 2.05) is 24.3 Å². The number of carbonyl (C=O) groups excluding carboxylic acids is 1. The van der Waals surface area contributed by atoms with Gasteiger partial charge in [0.05, 0.1) is 5.39 Å². The Balaban J connectivity index is 1.49. The van der Waals surface area contributed by atoms with Gasteiger partial charge in [-0.1, -0.05) is 6.07 Å². The molecule has 1 aromatic carbocycles. The zero-order chi connectivity index (χ0) is 18.1. The van der Waals surface area contributed by atoms with Crippen molar-refractivity contribution in [3.05, 3.63) is 54.5 Å². The summed E-state index contributed by atoms with van der Waals surface area (Å²) in [5, 5.41) is 3.64. The Hall–Kier alpha value is -1.74. The lowest BCUT2D eigenvalue weighted by Crippen LogP contribution is -2.16. The molecule has 0 saturated carbocycles. The zero-order valence-corrected chi connectivity index (χ0v) is 17.1. The molecule has 1 aliphatic rings. The number of aromatic nitrogens is 2. The van der Waals surface area contributed by atoms with Crippen molar-refractivity contribution >= 4 is 55.7 Å². The maximum absolute atomic E-state index is 12.5. The second-order valence-corrected chi connectivity index (χ2v) is 8.79. The first-order valence-electron chi connectivity index (χ1n) is 8.69. The van der Waals surface area contributed by atoms with Crippen molar-refractivity contribution in [2.45, 2.75) is 38.5 Å². The molecule has 0 atom stereocenters. The highest BCUT2D eigenvalue weighted by atomic mass is 127. The van der Waals surface area contributed by atoms with Crippen molar-refractivity contribution in [3.8, 4) is 0 Å². The van der Waals surface area contributed by atoms with Gasteiger partial charge in [0.2, 0.25) is 5.91 Å². The van der Waals surface area contributed by atoms with Gasteiger partial charge in [-0.2, -0.15) is 0 Å². The van der Waals surface area contributed by atoms with Crippen molar-refractivity contribution in [2.75, 3.05) is 5.32 Å². The average Bonchev–Trinajstić information content (AvgIpc) is 2.99. The molecule has 5 nitrogen and oxygen atoms in total. The number of anilines is 1. The van der Waals surface area contributed by atoms with Crippen molar-refractivity contribution in [1.29, 1.82) is 0 Å². The van der Waals surface area contributed by atoms with Crippen LogP contribution in [0.4, 0.5) is 5.69 Å². The summed E-state index contributed by atoms with van der Waals surface area (Å²) in [6.07, 6.45) is 5.04. The summed E-state index contributed by atoms with van der Waals surface area (Å²) in [6.45, 7) is 0. The summed E-state index contributed by atoms with van der Waals surface area (Å²) in [5.41, 5.74) is 1.90. The molecule has 26 heavy (non-hydrogen) atoms. The number of fused-ring (bicyclic) bond motifs is 3. The Labute approximate surface area is 168 Å². The number of aryl methyl sites for hydroxylation is 3. The van der Waals surface area contributed by atoms with Gasteiger partial charge in [0, 0.05) is 27.0 Å². The first-order valence-corrected chi connectivity index (χ1v) is 10.6. The normalized spacial score (nSPS) is 13.6. The molecule has 0 radical (unpaired) electrons. The van der Waals surface area contributed by atoms with E-state index in [0.29, 0.717) is 12.2 Å². The Bertz CT molecular complexity index is 1040. The van der Waals surface area contributed by atoms with E-state index in [1.165, 1.54) is 16.9 Å². The number of amides is 1. The topological polar surface area (TPSA) is 74.8 Å². The van der Waals surface area contributed by atoms with E-state index < -0.39 is 0 Å². The third-order valence-electron chi connectivity index (χ3n) is 4.57. The third kappa shape index (κ3) is 3.68. The summed E-state index contributed by atoms with van der Waals surface area (Å²) < 4.78 is 1.07. The van der Waals surface area contributed by atoms with Gasteiger partial charge < -0.3 is 10.3 Å². The van der Waals surface area contributed by atoms with Crippen LogP contribution in [0.2, 0.25) is 0 Å². The van der Waals surface area contributed by atoms with E-state index in [-0.39, 0.29) is 17.9 Å². The van der Waals surface area contributed by atoms with Crippen molar-refractivity contribution in [2.24, 2.45) is 0 Å². The fourth-order valence-electron chi connectivity index (χ4n) is 3.35. The van der Waals surface area contributed by atoms with E-state index in [9.17, 15) is 9.59 Å². The van der Waals surface area contributed by atoms with Gasteiger partial charge in [-0.25, -0.2) is 4.98 Å². The third-order valence-corrected chi connectivity index (χ3v) is 6.43. The van der Waals surface area contributed by atoms with E-state index in [0.717, 1.165) is 38.7 Å². The summed E-state index contributed by atoms with van der Waals surface area (Å²) in [4.78, 5) is 34.3.